The van der Waals surface area contributed by atoms with Gasteiger partial charge in [0.25, 0.3) is 5.91 Å². The maximum atomic E-state index is 12.3. The maximum Gasteiger partial charge on any atom is 0.271 e. The molecule has 0 aromatic carbocycles. The monoisotopic (exact) mass is 710 g/mol. The predicted molar refractivity (Wildman–Crippen MR) is 205 cm³/mol. The number of rotatable bonds is 12. The second-order valence-corrected chi connectivity index (χ2v) is 14.7. The maximum absolute atomic E-state index is 12.3. The summed E-state index contributed by atoms with van der Waals surface area (Å²) in [6, 6.07) is 3.71. The van der Waals surface area contributed by atoms with Crippen molar-refractivity contribution in [3.8, 4) is 0 Å². The molecule has 4 N–H and O–H groups in total. The Morgan fingerprint density at radius 3 is 2.35 bits per heavy atom. The second kappa shape index (κ2) is 17.2. The van der Waals surface area contributed by atoms with Gasteiger partial charge >= 0.3 is 0 Å². The number of nitrogens with one attached hydrogen (secondary N) is 2. The second-order valence-electron chi connectivity index (χ2n) is 14.7. The fourth-order valence-electron chi connectivity index (χ4n) is 7.86. The first kappa shape index (κ1) is 37.0. The lowest BCUT2D eigenvalue weighted by molar-refractivity contribution is -0.134. The number of piperidine rings is 4. The highest BCUT2D eigenvalue weighted by Gasteiger charge is 2.31. The number of likely N-dealkylation sites (tertiary alicyclic amines) is 1. The quantitative estimate of drug-likeness (QED) is 0.214. The molecule has 4 aliphatic rings. The summed E-state index contributed by atoms with van der Waals surface area (Å²) in [6.07, 6.45) is 18.2. The number of imide groups is 1. The minimum atomic E-state index is -0.618. The lowest BCUT2D eigenvalue weighted by atomic mass is 9.88. The highest BCUT2D eigenvalue weighted by Crippen LogP contribution is 2.29. The van der Waals surface area contributed by atoms with Crippen molar-refractivity contribution >= 4 is 40.9 Å². The van der Waals surface area contributed by atoms with Crippen LogP contribution in [0.3, 0.4) is 0 Å². The molecule has 0 spiro atoms. The molecule has 4 aliphatic heterocycles. The Balaban J connectivity index is 0.957. The highest BCUT2D eigenvalue weighted by atomic mass is 16.2. The molecule has 3 amide bonds. The molecule has 0 aliphatic carbocycles. The third-order valence-corrected chi connectivity index (χ3v) is 11.2. The average molecular weight is 711 g/mol. The van der Waals surface area contributed by atoms with Crippen LogP contribution in [-0.2, 0) is 9.59 Å². The van der Waals surface area contributed by atoms with E-state index >= 15 is 0 Å². The van der Waals surface area contributed by atoms with Gasteiger partial charge in [-0.3, -0.25) is 19.7 Å². The van der Waals surface area contributed by atoms with Crippen LogP contribution in [-0.4, -0.2) is 96.5 Å². The van der Waals surface area contributed by atoms with Gasteiger partial charge in [0.05, 0.1) is 18.1 Å². The van der Waals surface area contributed by atoms with Gasteiger partial charge in [-0.25, -0.2) is 15.0 Å². The van der Waals surface area contributed by atoms with Crippen LogP contribution in [0.15, 0.2) is 60.6 Å². The fraction of sp³-hybridized carbons (Fsp3) is 0.538. The average Bonchev–Trinajstić information content (AvgIpc) is 3.17. The molecule has 6 rings (SSSR count). The van der Waals surface area contributed by atoms with E-state index in [0.717, 1.165) is 107 Å². The van der Waals surface area contributed by atoms with Crippen molar-refractivity contribution in [2.45, 2.75) is 70.8 Å². The lowest BCUT2D eigenvalue weighted by Crippen LogP contribution is -2.51. The first-order chi connectivity index (χ1) is 25.2. The van der Waals surface area contributed by atoms with Gasteiger partial charge in [-0.05, 0) is 108 Å². The van der Waals surface area contributed by atoms with Crippen LogP contribution in [0, 0.1) is 11.8 Å². The topological polar surface area (TPSA) is 153 Å². The zero-order chi connectivity index (χ0) is 36.6. The number of likely N-dealkylation sites (N-methyl/N-ethyl adjacent to an activating group) is 1. The van der Waals surface area contributed by atoms with Crippen LogP contribution in [0.2, 0.25) is 0 Å². The van der Waals surface area contributed by atoms with Gasteiger partial charge in [-0.2, -0.15) is 0 Å². The number of nitrogens with two attached hydrogens (primary N) is 1. The van der Waals surface area contributed by atoms with E-state index in [9.17, 15) is 14.4 Å². The number of anilines is 4. The van der Waals surface area contributed by atoms with Gasteiger partial charge < -0.3 is 30.7 Å². The number of hydrogen-bond acceptors (Lipinski definition) is 11. The van der Waals surface area contributed by atoms with Gasteiger partial charge in [-0.15, -0.1) is 0 Å². The van der Waals surface area contributed by atoms with Crippen LogP contribution in [0.25, 0.3) is 0 Å². The van der Waals surface area contributed by atoms with Crippen molar-refractivity contribution in [3.63, 3.8) is 0 Å². The summed E-state index contributed by atoms with van der Waals surface area (Å²) in [7, 11) is 1.88. The number of allylic oxidation sites excluding steroid dienone is 4. The van der Waals surface area contributed by atoms with E-state index in [-0.39, 0.29) is 23.6 Å². The van der Waals surface area contributed by atoms with Crippen molar-refractivity contribution in [1.29, 1.82) is 0 Å². The van der Waals surface area contributed by atoms with Crippen molar-refractivity contribution in [1.82, 2.24) is 25.2 Å². The van der Waals surface area contributed by atoms with Gasteiger partial charge in [-0.1, -0.05) is 18.2 Å². The Labute approximate surface area is 307 Å². The van der Waals surface area contributed by atoms with Crippen molar-refractivity contribution in [2.24, 2.45) is 17.6 Å². The number of hydrogen-bond donors (Lipinski definition) is 3. The number of nitrogens with zero attached hydrogens (tertiary/aromatic N) is 7. The van der Waals surface area contributed by atoms with Gasteiger partial charge in [0, 0.05) is 51.9 Å². The van der Waals surface area contributed by atoms with E-state index in [1.165, 1.54) is 12.0 Å². The largest absolute Gasteiger partial charge is 0.364 e. The van der Waals surface area contributed by atoms with E-state index in [4.69, 9.17) is 15.7 Å². The molecule has 1 atom stereocenters. The van der Waals surface area contributed by atoms with Crippen molar-refractivity contribution in [3.05, 3.63) is 66.3 Å². The molecule has 4 fully saturated rings. The Bertz CT molecular complexity index is 1650. The lowest BCUT2D eigenvalue weighted by Gasteiger charge is -2.38. The summed E-state index contributed by atoms with van der Waals surface area (Å²) >= 11 is 0. The Kier molecular flexibility index (Phi) is 12.2. The number of carbonyl (C=O) groups is 3. The standard InChI is InChI=1S/C39H54N10O3/c1-4-30(43-38-36(37(40)51)42-25-34(44-38)48-18-6-5-7-19-48)9-8-27(2)29-16-20-47(21-17-29)26-28-14-22-49(23-15-28)33-12-10-31(24-41-33)46(3)32-11-13-35(50)45-39(32)52/h4,8-10,12,24-25,28-29,32H,1,5-7,11,13-23,26H2,2-3H3,(H2,40,51)(H,43,44)(H,45,50,52)/b27-8+,30-9+. The molecule has 2 aromatic heterocycles. The van der Waals surface area contributed by atoms with Crippen molar-refractivity contribution < 1.29 is 14.4 Å². The molecular formula is C39H54N10O3. The third kappa shape index (κ3) is 9.17. The predicted octanol–water partition coefficient (Wildman–Crippen LogP) is 4.26. The normalized spacial score (nSPS) is 21.5. The number of amides is 3. The van der Waals surface area contributed by atoms with Gasteiger partial charge in [0.2, 0.25) is 11.8 Å². The van der Waals surface area contributed by atoms with E-state index in [0.29, 0.717) is 30.5 Å². The third-order valence-electron chi connectivity index (χ3n) is 11.2. The Morgan fingerprint density at radius 2 is 1.69 bits per heavy atom. The molecule has 52 heavy (non-hydrogen) atoms. The first-order valence-electron chi connectivity index (χ1n) is 18.9. The minimum absolute atomic E-state index is 0.120. The van der Waals surface area contributed by atoms with E-state index < -0.39 is 5.91 Å². The molecule has 2 aromatic rings. The number of carbonyl (C=O) groups excluding carboxylic acids is 3. The minimum Gasteiger partial charge on any atom is -0.364 e. The van der Waals surface area contributed by atoms with E-state index in [2.05, 4.69) is 49.9 Å². The summed E-state index contributed by atoms with van der Waals surface area (Å²) in [5, 5.41) is 5.70. The zero-order valence-electron chi connectivity index (χ0n) is 30.7. The molecule has 0 radical (unpaired) electrons. The highest BCUT2D eigenvalue weighted by molar-refractivity contribution is 6.01. The fourth-order valence-corrected chi connectivity index (χ4v) is 7.86. The molecule has 13 nitrogen and oxygen atoms in total. The molecule has 6 heterocycles. The summed E-state index contributed by atoms with van der Waals surface area (Å²) in [5.41, 5.74) is 8.70. The molecule has 4 saturated heterocycles. The van der Waals surface area contributed by atoms with Gasteiger partial charge in [0.15, 0.2) is 11.5 Å². The zero-order valence-corrected chi connectivity index (χ0v) is 30.7. The SMILES string of the molecule is C=C/C(=C\C=C(/C)C1CCN(CC2CCN(c3ccc(N(C)C4CCC(=O)NC4=O)cn3)CC2)CC1)Nc1nc(N2CCCCC2)cnc1C(N)=O. The number of aromatic nitrogens is 3. The van der Waals surface area contributed by atoms with Crippen LogP contribution in [0.4, 0.5) is 23.1 Å². The molecular weight excluding hydrogens is 656 g/mol. The van der Waals surface area contributed by atoms with Crippen molar-refractivity contribution in [2.75, 3.05) is 72.9 Å². The molecule has 13 heteroatoms. The van der Waals surface area contributed by atoms with Crippen LogP contribution >= 0.6 is 0 Å². The molecule has 0 bridgehead atoms. The van der Waals surface area contributed by atoms with E-state index in [1.54, 1.807) is 12.3 Å². The summed E-state index contributed by atoms with van der Waals surface area (Å²) in [6.45, 7) is 13.3. The van der Waals surface area contributed by atoms with Crippen LogP contribution in [0.5, 0.6) is 0 Å². The number of primary amides is 1. The summed E-state index contributed by atoms with van der Waals surface area (Å²) < 4.78 is 0. The first-order valence-corrected chi connectivity index (χ1v) is 18.9. The number of pyridine rings is 1. The van der Waals surface area contributed by atoms with E-state index in [1.807, 2.05) is 36.4 Å². The summed E-state index contributed by atoms with van der Waals surface area (Å²) in [4.78, 5) is 58.9. The Hall–Kier alpha value is -4.78. The molecule has 278 valence electrons. The smallest absolute Gasteiger partial charge is 0.271 e. The molecule has 1 unspecified atom stereocenters. The van der Waals surface area contributed by atoms with Crippen LogP contribution < -0.4 is 31.1 Å². The summed E-state index contributed by atoms with van der Waals surface area (Å²) in [5.74, 6) is 2.21. The van der Waals surface area contributed by atoms with Crippen LogP contribution in [0.1, 0.15) is 75.2 Å². The Morgan fingerprint density at radius 1 is 0.962 bits per heavy atom. The van der Waals surface area contributed by atoms with Gasteiger partial charge in [0.1, 0.15) is 17.7 Å². The molecule has 0 saturated carbocycles.